The van der Waals surface area contributed by atoms with Gasteiger partial charge < -0.3 is 4.90 Å². The van der Waals surface area contributed by atoms with Gasteiger partial charge in [-0.15, -0.1) is 0 Å². The van der Waals surface area contributed by atoms with Crippen molar-refractivity contribution >= 4 is 5.91 Å². The van der Waals surface area contributed by atoms with E-state index in [1.54, 1.807) is 11.0 Å². The van der Waals surface area contributed by atoms with Gasteiger partial charge in [-0.2, -0.15) is 5.10 Å². The van der Waals surface area contributed by atoms with Crippen LogP contribution in [0.1, 0.15) is 24.8 Å². The monoisotopic (exact) mass is 340 g/mol. The number of aryl methyl sites for hydroxylation is 1. The lowest BCUT2D eigenvalue weighted by molar-refractivity contribution is -0.135. The smallest absolute Gasteiger partial charge is 0.224 e. The lowest BCUT2D eigenvalue weighted by Crippen LogP contribution is -2.47. The molecule has 1 amide bonds. The predicted molar refractivity (Wildman–Crippen MR) is 92.4 cm³/mol. The molecule has 0 aliphatic carbocycles. The number of hydrogen-bond acceptors (Lipinski definition) is 5. The molecule has 2 aromatic rings. The Hall–Kier alpha value is -2.28. The van der Waals surface area contributed by atoms with Gasteiger partial charge in [0, 0.05) is 51.0 Å². The molecule has 0 saturated carbocycles. The van der Waals surface area contributed by atoms with Crippen molar-refractivity contribution in [3.63, 3.8) is 0 Å². The zero-order chi connectivity index (χ0) is 17.1. The number of nitrogens with zero attached hydrogens (tertiary/aromatic N) is 6. The number of hydrogen-bond donors (Lipinski definition) is 0. The van der Waals surface area contributed by atoms with Crippen LogP contribution in [0, 0.1) is 5.92 Å². The van der Waals surface area contributed by atoms with E-state index in [-0.39, 0.29) is 5.91 Å². The van der Waals surface area contributed by atoms with Crippen LogP contribution in [0.2, 0.25) is 0 Å². The van der Waals surface area contributed by atoms with Gasteiger partial charge in [-0.1, -0.05) is 6.07 Å². The van der Waals surface area contributed by atoms with Gasteiger partial charge in [0.25, 0.3) is 0 Å². The lowest BCUT2D eigenvalue weighted by Gasteiger charge is -2.36. The van der Waals surface area contributed by atoms with Crippen LogP contribution < -0.4 is 0 Å². The normalized spacial score (nSPS) is 23.6. The number of rotatable bonds is 5. The summed E-state index contributed by atoms with van der Waals surface area (Å²) in [5.41, 5.74) is 1.24. The molecule has 3 aliphatic rings. The molecule has 5 rings (SSSR count). The summed E-state index contributed by atoms with van der Waals surface area (Å²) in [7, 11) is 0. The van der Waals surface area contributed by atoms with E-state index in [2.05, 4.69) is 30.9 Å². The van der Waals surface area contributed by atoms with Crippen LogP contribution in [-0.2, 0) is 17.9 Å². The summed E-state index contributed by atoms with van der Waals surface area (Å²) in [4.78, 5) is 25.5. The summed E-state index contributed by atoms with van der Waals surface area (Å²) in [5, 5.41) is 4.08. The molecule has 2 bridgehead atoms. The first-order chi connectivity index (χ1) is 12.3. The zero-order valence-corrected chi connectivity index (χ0v) is 14.4. The summed E-state index contributed by atoms with van der Waals surface area (Å²) in [6.45, 7) is 4.44. The molecule has 7 heteroatoms. The number of amides is 1. The zero-order valence-electron chi connectivity index (χ0n) is 14.4. The minimum Gasteiger partial charge on any atom is -0.338 e. The fourth-order valence-electron chi connectivity index (χ4n) is 4.07. The van der Waals surface area contributed by atoms with E-state index in [4.69, 9.17) is 0 Å². The van der Waals surface area contributed by atoms with E-state index in [0.717, 1.165) is 32.6 Å². The predicted octanol–water partition coefficient (Wildman–Crippen LogP) is 1.19. The molecular weight excluding hydrogens is 316 g/mol. The van der Waals surface area contributed by atoms with Gasteiger partial charge in [-0.3, -0.25) is 19.4 Å². The quantitative estimate of drug-likeness (QED) is 0.818. The summed E-state index contributed by atoms with van der Waals surface area (Å²) < 4.78 is 1.72. The summed E-state index contributed by atoms with van der Waals surface area (Å²) >= 11 is 0. The third kappa shape index (κ3) is 3.87. The highest BCUT2D eigenvalue weighted by Gasteiger charge is 2.36. The molecule has 2 atom stereocenters. The Bertz CT molecular complexity index is 689. The van der Waals surface area contributed by atoms with Gasteiger partial charge in [-0.05, 0) is 30.4 Å². The second kappa shape index (κ2) is 7.31. The first-order valence-corrected chi connectivity index (χ1v) is 9.01. The fraction of sp³-hybridized carbons (Fsp3) is 0.556. The first-order valence-electron chi connectivity index (χ1n) is 9.01. The maximum absolute atomic E-state index is 12.7. The van der Waals surface area contributed by atoms with Gasteiger partial charge >= 0.3 is 0 Å². The average molecular weight is 340 g/mol. The van der Waals surface area contributed by atoms with Crippen LogP contribution in [0.5, 0.6) is 0 Å². The van der Waals surface area contributed by atoms with E-state index in [1.807, 2.05) is 18.5 Å². The Morgan fingerprint density at radius 1 is 1.20 bits per heavy atom. The van der Waals surface area contributed by atoms with Crippen molar-refractivity contribution in [2.24, 2.45) is 5.92 Å². The molecule has 2 aromatic heterocycles. The Balaban J connectivity index is 1.38. The van der Waals surface area contributed by atoms with Crippen molar-refractivity contribution in [1.29, 1.82) is 0 Å². The number of fused-ring (bicyclic) bond motifs is 4. The molecule has 0 aromatic carbocycles. The standard InChI is InChI=1S/C18H24N6O/c25-18(5-7-23-14-20-13-21-23)24-11-16-3-4-17(24)12-22(10-16)9-15-2-1-6-19-8-15/h1-2,6,8,13-14,16-17H,3-5,7,9-12H2/t16-,17+/m0/s1. The Morgan fingerprint density at radius 3 is 2.96 bits per heavy atom. The number of carbonyl (C=O) groups is 1. The van der Waals surface area contributed by atoms with Gasteiger partial charge in [0.15, 0.2) is 0 Å². The van der Waals surface area contributed by atoms with E-state index in [0.29, 0.717) is 24.9 Å². The van der Waals surface area contributed by atoms with Crippen LogP contribution in [0.3, 0.4) is 0 Å². The molecular formula is C18H24N6O. The van der Waals surface area contributed by atoms with Crippen LogP contribution >= 0.6 is 0 Å². The van der Waals surface area contributed by atoms with Crippen molar-refractivity contribution < 1.29 is 4.79 Å². The van der Waals surface area contributed by atoms with Crippen LogP contribution in [0.4, 0.5) is 0 Å². The summed E-state index contributed by atoms with van der Waals surface area (Å²) in [6.07, 6.45) is 9.75. The summed E-state index contributed by atoms with van der Waals surface area (Å²) in [6, 6.07) is 4.45. The number of aromatic nitrogens is 4. The SMILES string of the molecule is O=C(CCn1cncn1)N1C[C@H]2CC[C@@H]1CN(Cc1cccnc1)C2. The molecule has 7 nitrogen and oxygen atoms in total. The van der Waals surface area contributed by atoms with Gasteiger partial charge in [0.1, 0.15) is 12.7 Å². The Labute approximate surface area is 147 Å². The van der Waals surface area contributed by atoms with Crippen molar-refractivity contribution in [2.45, 2.75) is 38.4 Å². The van der Waals surface area contributed by atoms with Gasteiger partial charge in [0.05, 0.1) is 6.54 Å². The van der Waals surface area contributed by atoms with Crippen LogP contribution in [0.15, 0.2) is 37.2 Å². The second-order valence-corrected chi connectivity index (χ2v) is 7.11. The molecule has 0 unspecified atom stereocenters. The third-order valence-corrected chi connectivity index (χ3v) is 5.26. The van der Waals surface area contributed by atoms with Crippen molar-refractivity contribution in [1.82, 2.24) is 29.5 Å². The van der Waals surface area contributed by atoms with Crippen molar-refractivity contribution in [3.8, 4) is 0 Å². The molecule has 0 radical (unpaired) electrons. The highest BCUT2D eigenvalue weighted by atomic mass is 16.2. The third-order valence-electron chi connectivity index (χ3n) is 5.26. The topological polar surface area (TPSA) is 67.2 Å². The Kier molecular flexibility index (Phi) is 4.74. The number of piperidine rings is 1. The maximum atomic E-state index is 12.7. The number of carbonyl (C=O) groups excluding carboxylic acids is 1. The molecule has 132 valence electrons. The molecule has 0 spiro atoms. The average Bonchev–Trinajstić information content (AvgIpc) is 3.01. The van der Waals surface area contributed by atoms with E-state index < -0.39 is 0 Å². The fourth-order valence-corrected chi connectivity index (χ4v) is 4.07. The molecule has 3 fully saturated rings. The first kappa shape index (κ1) is 16.2. The molecule has 3 aliphatic heterocycles. The molecule has 25 heavy (non-hydrogen) atoms. The van der Waals surface area contributed by atoms with Crippen LogP contribution in [0.25, 0.3) is 0 Å². The minimum atomic E-state index is 0.244. The summed E-state index contributed by atoms with van der Waals surface area (Å²) in [5.74, 6) is 0.819. The molecule has 5 heterocycles. The highest BCUT2D eigenvalue weighted by molar-refractivity contribution is 5.76. The maximum Gasteiger partial charge on any atom is 0.224 e. The van der Waals surface area contributed by atoms with Gasteiger partial charge in [0.2, 0.25) is 5.91 Å². The molecule has 0 N–H and O–H groups in total. The Morgan fingerprint density at radius 2 is 2.16 bits per heavy atom. The van der Waals surface area contributed by atoms with Gasteiger partial charge in [-0.25, -0.2) is 4.98 Å². The highest BCUT2D eigenvalue weighted by Crippen LogP contribution is 2.29. The van der Waals surface area contributed by atoms with E-state index in [9.17, 15) is 4.79 Å². The minimum absolute atomic E-state index is 0.244. The van der Waals surface area contributed by atoms with E-state index in [1.165, 1.54) is 18.3 Å². The van der Waals surface area contributed by atoms with Crippen molar-refractivity contribution in [3.05, 3.63) is 42.7 Å². The molecule has 3 saturated heterocycles. The largest absolute Gasteiger partial charge is 0.338 e. The van der Waals surface area contributed by atoms with E-state index >= 15 is 0 Å². The van der Waals surface area contributed by atoms with Crippen LogP contribution in [-0.4, -0.2) is 61.1 Å². The second-order valence-electron chi connectivity index (χ2n) is 7.11. The van der Waals surface area contributed by atoms with Crippen molar-refractivity contribution in [2.75, 3.05) is 19.6 Å². The number of pyridine rings is 1. The lowest BCUT2D eigenvalue weighted by atomic mass is 9.94.